The number of alkyl halides is 3. The molecule has 0 unspecified atom stereocenters. The molecule has 2 saturated heterocycles. The summed E-state index contributed by atoms with van der Waals surface area (Å²) in [6.45, 7) is 4.08. The van der Waals surface area contributed by atoms with Crippen LogP contribution < -0.4 is 0 Å². The summed E-state index contributed by atoms with van der Waals surface area (Å²) >= 11 is 0. The first-order valence-electron chi connectivity index (χ1n) is 9.61. The Labute approximate surface area is 153 Å². The van der Waals surface area contributed by atoms with Crippen molar-refractivity contribution >= 4 is 5.91 Å². The standard InChI is InChI=1S/C20H27F3N2O/c21-20(22,23)18-7-5-16(6-8-18)15-24-13-9-17(10-14-24)19(26)25-11-3-1-2-4-12-25/h5-8,17H,1-4,9-15H2. The number of rotatable bonds is 3. The van der Waals surface area contributed by atoms with Crippen LogP contribution in [0.15, 0.2) is 24.3 Å². The third-order valence-corrected chi connectivity index (χ3v) is 5.54. The maximum Gasteiger partial charge on any atom is 0.416 e. The molecular formula is C20H27F3N2O. The van der Waals surface area contributed by atoms with Crippen LogP contribution >= 0.6 is 0 Å². The normalized spacial score (nSPS) is 20.8. The lowest BCUT2D eigenvalue weighted by Gasteiger charge is -2.34. The minimum atomic E-state index is -4.29. The van der Waals surface area contributed by atoms with Gasteiger partial charge in [-0.2, -0.15) is 13.2 Å². The number of benzene rings is 1. The van der Waals surface area contributed by atoms with E-state index in [0.717, 1.165) is 69.6 Å². The highest BCUT2D eigenvalue weighted by atomic mass is 19.4. The summed E-state index contributed by atoms with van der Waals surface area (Å²) in [6.07, 6.45) is 2.05. The van der Waals surface area contributed by atoms with Crippen molar-refractivity contribution in [2.45, 2.75) is 51.2 Å². The van der Waals surface area contributed by atoms with Crippen LogP contribution in [-0.2, 0) is 17.5 Å². The van der Waals surface area contributed by atoms with Gasteiger partial charge in [0.05, 0.1) is 5.56 Å². The summed E-state index contributed by atoms with van der Waals surface area (Å²) in [4.78, 5) is 17.0. The van der Waals surface area contributed by atoms with Gasteiger partial charge in [-0.25, -0.2) is 0 Å². The zero-order chi connectivity index (χ0) is 18.6. The van der Waals surface area contributed by atoms with Crippen molar-refractivity contribution in [2.24, 2.45) is 5.92 Å². The number of nitrogens with zero attached hydrogens (tertiary/aromatic N) is 2. The molecule has 0 radical (unpaired) electrons. The maximum atomic E-state index is 12.7. The highest BCUT2D eigenvalue weighted by Gasteiger charge is 2.31. The van der Waals surface area contributed by atoms with E-state index in [-0.39, 0.29) is 5.92 Å². The lowest BCUT2D eigenvalue weighted by molar-refractivity contribution is -0.138. The average Bonchev–Trinajstić information content (AvgIpc) is 2.91. The molecule has 3 rings (SSSR count). The molecule has 1 amide bonds. The molecule has 0 aliphatic carbocycles. The molecule has 2 aliphatic heterocycles. The fourth-order valence-corrected chi connectivity index (χ4v) is 3.94. The zero-order valence-electron chi connectivity index (χ0n) is 15.1. The van der Waals surface area contributed by atoms with E-state index in [4.69, 9.17) is 0 Å². The van der Waals surface area contributed by atoms with Gasteiger partial charge in [0.1, 0.15) is 0 Å². The van der Waals surface area contributed by atoms with Gasteiger partial charge >= 0.3 is 6.18 Å². The second-order valence-corrected chi connectivity index (χ2v) is 7.48. The van der Waals surface area contributed by atoms with Crippen LogP contribution in [0.2, 0.25) is 0 Å². The van der Waals surface area contributed by atoms with E-state index < -0.39 is 11.7 Å². The SMILES string of the molecule is O=C(C1CCN(Cc2ccc(C(F)(F)F)cc2)CC1)N1CCCCCC1. The quantitative estimate of drug-likeness (QED) is 0.793. The van der Waals surface area contributed by atoms with Gasteiger partial charge in [0.25, 0.3) is 0 Å². The van der Waals surface area contributed by atoms with E-state index in [1.807, 2.05) is 4.90 Å². The topological polar surface area (TPSA) is 23.6 Å². The summed E-state index contributed by atoms with van der Waals surface area (Å²) in [6, 6.07) is 5.39. The number of piperidine rings is 1. The minimum Gasteiger partial charge on any atom is -0.342 e. The number of hydrogen-bond acceptors (Lipinski definition) is 2. The van der Waals surface area contributed by atoms with E-state index in [2.05, 4.69) is 4.90 Å². The first kappa shape index (κ1) is 19.2. The van der Waals surface area contributed by atoms with E-state index in [0.29, 0.717) is 12.5 Å². The Bertz CT molecular complexity index is 584. The molecule has 0 N–H and O–H groups in total. The van der Waals surface area contributed by atoms with Gasteiger partial charge in [-0.3, -0.25) is 9.69 Å². The minimum absolute atomic E-state index is 0.108. The zero-order valence-corrected chi connectivity index (χ0v) is 15.1. The van der Waals surface area contributed by atoms with E-state index in [9.17, 15) is 18.0 Å². The van der Waals surface area contributed by atoms with Crippen LogP contribution in [0.4, 0.5) is 13.2 Å². The molecule has 0 atom stereocenters. The third kappa shape index (κ3) is 5.00. The lowest BCUT2D eigenvalue weighted by atomic mass is 9.94. The molecule has 1 aromatic rings. The number of amides is 1. The van der Waals surface area contributed by atoms with Crippen molar-refractivity contribution in [3.05, 3.63) is 35.4 Å². The molecule has 26 heavy (non-hydrogen) atoms. The molecule has 3 nitrogen and oxygen atoms in total. The average molecular weight is 368 g/mol. The second-order valence-electron chi connectivity index (χ2n) is 7.48. The van der Waals surface area contributed by atoms with Crippen molar-refractivity contribution in [3.63, 3.8) is 0 Å². The smallest absolute Gasteiger partial charge is 0.342 e. The first-order valence-corrected chi connectivity index (χ1v) is 9.61. The van der Waals surface area contributed by atoms with Gasteiger partial charge in [0.2, 0.25) is 5.91 Å². The maximum absolute atomic E-state index is 12.7. The summed E-state index contributed by atoms with van der Waals surface area (Å²) in [7, 11) is 0. The van der Waals surface area contributed by atoms with Gasteiger partial charge in [0.15, 0.2) is 0 Å². The first-order chi connectivity index (χ1) is 12.4. The predicted octanol–water partition coefficient (Wildman–Crippen LogP) is 4.32. The molecule has 2 aliphatic rings. The molecule has 6 heteroatoms. The molecule has 2 fully saturated rings. The number of hydrogen-bond donors (Lipinski definition) is 0. The van der Waals surface area contributed by atoms with Crippen molar-refractivity contribution in [3.8, 4) is 0 Å². The molecule has 0 saturated carbocycles. The van der Waals surface area contributed by atoms with Gasteiger partial charge in [0, 0.05) is 25.6 Å². The Morgan fingerprint density at radius 2 is 1.50 bits per heavy atom. The van der Waals surface area contributed by atoms with Crippen LogP contribution in [0.5, 0.6) is 0 Å². The van der Waals surface area contributed by atoms with Crippen LogP contribution in [0.3, 0.4) is 0 Å². The number of carbonyl (C=O) groups excluding carboxylic acids is 1. The Hall–Kier alpha value is -1.56. The van der Waals surface area contributed by atoms with Gasteiger partial charge in [-0.15, -0.1) is 0 Å². The predicted molar refractivity (Wildman–Crippen MR) is 94.5 cm³/mol. The highest BCUT2D eigenvalue weighted by molar-refractivity contribution is 5.79. The van der Waals surface area contributed by atoms with Crippen LogP contribution in [0.25, 0.3) is 0 Å². The summed E-state index contributed by atoms with van der Waals surface area (Å²) in [5.41, 5.74) is 0.276. The van der Waals surface area contributed by atoms with Gasteiger partial charge in [-0.05, 0) is 56.5 Å². The van der Waals surface area contributed by atoms with E-state index in [1.54, 1.807) is 12.1 Å². The molecule has 0 aromatic heterocycles. The molecule has 0 spiro atoms. The Morgan fingerprint density at radius 3 is 2.04 bits per heavy atom. The van der Waals surface area contributed by atoms with Crippen LogP contribution in [-0.4, -0.2) is 41.9 Å². The number of likely N-dealkylation sites (tertiary alicyclic amines) is 2. The van der Waals surface area contributed by atoms with Crippen LogP contribution in [0, 0.1) is 5.92 Å². The monoisotopic (exact) mass is 368 g/mol. The van der Waals surface area contributed by atoms with E-state index >= 15 is 0 Å². The third-order valence-electron chi connectivity index (χ3n) is 5.54. The Kier molecular flexibility index (Phi) is 6.22. The summed E-state index contributed by atoms with van der Waals surface area (Å²) < 4.78 is 37.9. The van der Waals surface area contributed by atoms with Crippen molar-refractivity contribution in [1.82, 2.24) is 9.80 Å². The van der Waals surface area contributed by atoms with Crippen LogP contribution in [0.1, 0.15) is 49.7 Å². The van der Waals surface area contributed by atoms with Crippen molar-refractivity contribution in [1.29, 1.82) is 0 Å². The highest BCUT2D eigenvalue weighted by Crippen LogP contribution is 2.29. The van der Waals surface area contributed by atoms with Gasteiger partial charge < -0.3 is 4.90 Å². The summed E-state index contributed by atoms with van der Waals surface area (Å²) in [5.74, 6) is 0.415. The summed E-state index contributed by atoms with van der Waals surface area (Å²) in [5, 5.41) is 0. The number of carbonyl (C=O) groups is 1. The van der Waals surface area contributed by atoms with E-state index in [1.165, 1.54) is 12.8 Å². The molecule has 1 aromatic carbocycles. The Balaban J connectivity index is 1.48. The molecule has 0 bridgehead atoms. The molecule has 2 heterocycles. The largest absolute Gasteiger partial charge is 0.416 e. The number of halogens is 3. The van der Waals surface area contributed by atoms with Crippen molar-refractivity contribution in [2.75, 3.05) is 26.2 Å². The van der Waals surface area contributed by atoms with Gasteiger partial charge in [-0.1, -0.05) is 25.0 Å². The Morgan fingerprint density at radius 1 is 0.923 bits per heavy atom. The lowest BCUT2D eigenvalue weighted by Crippen LogP contribution is -2.42. The second kappa shape index (κ2) is 8.42. The fraction of sp³-hybridized carbons (Fsp3) is 0.650. The fourth-order valence-electron chi connectivity index (χ4n) is 3.94. The van der Waals surface area contributed by atoms with Crippen molar-refractivity contribution < 1.29 is 18.0 Å². The molecular weight excluding hydrogens is 341 g/mol. The molecule has 144 valence electrons.